The van der Waals surface area contributed by atoms with E-state index in [1.165, 1.54) is 0 Å². The zero-order chi connectivity index (χ0) is 20.3. The van der Waals surface area contributed by atoms with Crippen LogP contribution in [0.15, 0.2) is 54.6 Å². The van der Waals surface area contributed by atoms with Gasteiger partial charge in [0.2, 0.25) is 0 Å². The lowest BCUT2D eigenvalue weighted by Crippen LogP contribution is -2.20. The van der Waals surface area contributed by atoms with Crippen molar-refractivity contribution in [3.05, 3.63) is 80.8 Å². The molecule has 7 heteroatoms. The van der Waals surface area contributed by atoms with Crippen molar-refractivity contribution in [1.82, 2.24) is 0 Å². The van der Waals surface area contributed by atoms with Crippen LogP contribution in [0.25, 0.3) is 11.1 Å². The third kappa shape index (κ3) is 4.71. The molecule has 0 aromatic heterocycles. The van der Waals surface area contributed by atoms with Crippen LogP contribution in [0.4, 0.5) is 0 Å². The number of amides is 1. The molecule has 3 N–H and O–H groups in total. The number of phenols is 1. The standard InChI is InChI=1S/C21H16Cl3NO3/c22-17-4-2-1-3-14(17)15-7-12(5-6-20(15)26)8-16-18(23)9-13(10-19(16)24)28-11-21(25)27/h1-7,9-10,26H,8,11H2,(H2,25,27). The molecule has 3 aromatic rings. The number of benzene rings is 3. The normalized spacial score (nSPS) is 10.7. The molecule has 0 spiro atoms. The van der Waals surface area contributed by atoms with Crippen LogP contribution in [0.2, 0.25) is 15.1 Å². The number of primary amides is 1. The number of halogens is 3. The molecule has 1 amide bonds. The summed E-state index contributed by atoms with van der Waals surface area (Å²) in [6.45, 7) is -0.259. The fourth-order valence-electron chi connectivity index (χ4n) is 2.78. The molecule has 0 bridgehead atoms. The Bertz CT molecular complexity index is 1010. The molecule has 0 saturated carbocycles. The van der Waals surface area contributed by atoms with E-state index in [-0.39, 0.29) is 12.4 Å². The second-order valence-corrected chi connectivity index (χ2v) is 7.35. The summed E-state index contributed by atoms with van der Waals surface area (Å²) in [5.74, 6) is -0.100. The van der Waals surface area contributed by atoms with Crippen molar-refractivity contribution in [2.45, 2.75) is 6.42 Å². The quantitative estimate of drug-likeness (QED) is 0.538. The van der Waals surface area contributed by atoms with E-state index in [4.69, 9.17) is 45.3 Å². The van der Waals surface area contributed by atoms with Crippen molar-refractivity contribution >= 4 is 40.7 Å². The van der Waals surface area contributed by atoms with Gasteiger partial charge in [-0.15, -0.1) is 0 Å². The van der Waals surface area contributed by atoms with E-state index < -0.39 is 5.91 Å². The molecule has 3 aromatic carbocycles. The van der Waals surface area contributed by atoms with E-state index in [2.05, 4.69) is 0 Å². The Labute approximate surface area is 177 Å². The highest BCUT2D eigenvalue weighted by Crippen LogP contribution is 2.37. The zero-order valence-electron chi connectivity index (χ0n) is 14.6. The second-order valence-electron chi connectivity index (χ2n) is 6.13. The van der Waals surface area contributed by atoms with Crippen molar-refractivity contribution in [3.63, 3.8) is 0 Å². The number of carbonyl (C=O) groups excluding carboxylic acids is 1. The van der Waals surface area contributed by atoms with Crippen molar-refractivity contribution in [3.8, 4) is 22.6 Å². The van der Waals surface area contributed by atoms with Gasteiger partial charge in [0.15, 0.2) is 6.61 Å². The maximum atomic E-state index is 10.9. The van der Waals surface area contributed by atoms with Crippen LogP contribution >= 0.6 is 34.8 Å². The molecular formula is C21H16Cl3NO3. The third-order valence-electron chi connectivity index (χ3n) is 4.10. The summed E-state index contributed by atoms with van der Waals surface area (Å²) in [6, 6.07) is 15.7. The Kier molecular flexibility index (Phi) is 6.35. The molecule has 0 saturated heterocycles. The SMILES string of the molecule is NC(=O)COc1cc(Cl)c(Cc2ccc(O)c(-c3ccccc3Cl)c2)c(Cl)c1. The first kappa shape index (κ1) is 20.3. The summed E-state index contributed by atoms with van der Waals surface area (Å²) < 4.78 is 5.25. The average Bonchev–Trinajstić information content (AvgIpc) is 2.65. The third-order valence-corrected chi connectivity index (χ3v) is 5.11. The number of hydrogen-bond acceptors (Lipinski definition) is 3. The molecule has 4 nitrogen and oxygen atoms in total. The topological polar surface area (TPSA) is 72.6 Å². The van der Waals surface area contributed by atoms with Gasteiger partial charge in [0.1, 0.15) is 11.5 Å². The summed E-state index contributed by atoms with van der Waals surface area (Å²) in [6.07, 6.45) is 0.436. The predicted molar refractivity (Wildman–Crippen MR) is 113 cm³/mol. The number of nitrogens with two attached hydrogens (primary N) is 1. The van der Waals surface area contributed by atoms with E-state index >= 15 is 0 Å². The van der Waals surface area contributed by atoms with E-state index in [1.54, 1.807) is 30.3 Å². The van der Waals surface area contributed by atoms with Gasteiger partial charge >= 0.3 is 0 Å². The van der Waals surface area contributed by atoms with Crippen molar-refractivity contribution in [2.75, 3.05) is 6.61 Å². The van der Waals surface area contributed by atoms with Crippen LogP contribution in [-0.4, -0.2) is 17.6 Å². The molecule has 0 radical (unpaired) electrons. The minimum atomic E-state index is -0.590. The molecule has 0 heterocycles. The van der Waals surface area contributed by atoms with Gasteiger partial charge in [0, 0.05) is 32.6 Å². The van der Waals surface area contributed by atoms with Crippen LogP contribution in [0.1, 0.15) is 11.1 Å². The first-order valence-electron chi connectivity index (χ1n) is 8.31. The highest BCUT2D eigenvalue weighted by atomic mass is 35.5. The number of carbonyl (C=O) groups is 1. The number of hydrogen-bond donors (Lipinski definition) is 2. The Hall–Kier alpha value is -2.40. The number of ether oxygens (including phenoxy) is 1. The zero-order valence-corrected chi connectivity index (χ0v) is 16.9. The van der Waals surface area contributed by atoms with Gasteiger partial charge in [-0.3, -0.25) is 4.79 Å². The van der Waals surface area contributed by atoms with E-state index in [0.29, 0.717) is 38.4 Å². The van der Waals surface area contributed by atoms with Gasteiger partial charge in [0.05, 0.1) is 0 Å². The molecule has 0 unspecified atom stereocenters. The van der Waals surface area contributed by atoms with Crippen molar-refractivity contribution in [1.29, 1.82) is 0 Å². The van der Waals surface area contributed by atoms with Crippen LogP contribution in [0, 0.1) is 0 Å². The number of phenolic OH excluding ortho intramolecular Hbond substituents is 1. The molecule has 144 valence electrons. The Balaban J connectivity index is 1.91. The minimum absolute atomic E-state index is 0.129. The van der Waals surface area contributed by atoms with Crippen molar-refractivity contribution in [2.24, 2.45) is 5.73 Å². The smallest absolute Gasteiger partial charge is 0.255 e. The van der Waals surface area contributed by atoms with Crippen LogP contribution < -0.4 is 10.5 Å². The van der Waals surface area contributed by atoms with Gasteiger partial charge < -0.3 is 15.6 Å². The monoisotopic (exact) mass is 435 g/mol. The van der Waals surface area contributed by atoms with Crippen molar-refractivity contribution < 1.29 is 14.6 Å². The van der Waals surface area contributed by atoms with Crippen LogP contribution in [0.5, 0.6) is 11.5 Å². The van der Waals surface area contributed by atoms with Gasteiger partial charge in [-0.1, -0.05) is 59.1 Å². The summed E-state index contributed by atoms with van der Waals surface area (Å²) in [4.78, 5) is 10.9. The summed E-state index contributed by atoms with van der Waals surface area (Å²) in [5.41, 5.74) is 8.02. The van der Waals surface area contributed by atoms with Gasteiger partial charge in [-0.25, -0.2) is 0 Å². The fraction of sp³-hybridized carbons (Fsp3) is 0.0952. The Morgan fingerprint density at radius 3 is 2.25 bits per heavy atom. The predicted octanol–water partition coefficient (Wildman–Crippen LogP) is 5.47. The highest BCUT2D eigenvalue weighted by molar-refractivity contribution is 6.36. The molecule has 0 atom stereocenters. The highest BCUT2D eigenvalue weighted by Gasteiger charge is 2.13. The van der Waals surface area contributed by atoms with Gasteiger partial charge in [-0.2, -0.15) is 0 Å². The molecular weight excluding hydrogens is 421 g/mol. The van der Waals surface area contributed by atoms with E-state index in [1.807, 2.05) is 24.3 Å². The van der Waals surface area contributed by atoms with Gasteiger partial charge in [-0.05, 0) is 41.5 Å². The number of aromatic hydroxyl groups is 1. The Morgan fingerprint density at radius 1 is 0.929 bits per heavy atom. The first-order chi connectivity index (χ1) is 13.3. The fourth-order valence-corrected chi connectivity index (χ4v) is 3.62. The molecule has 0 aliphatic heterocycles. The summed E-state index contributed by atoms with van der Waals surface area (Å²) in [5, 5.41) is 11.6. The molecule has 28 heavy (non-hydrogen) atoms. The molecule has 0 aliphatic carbocycles. The summed E-state index contributed by atoms with van der Waals surface area (Å²) >= 11 is 19.0. The molecule has 0 aliphatic rings. The van der Waals surface area contributed by atoms with Crippen LogP contribution in [-0.2, 0) is 11.2 Å². The number of rotatable bonds is 6. The van der Waals surface area contributed by atoms with Gasteiger partial charge in [0.25, 0.3) is 5.91 Å². The maximum absolute atomic E-state index is 10.9. The second kappa shape index (κ2) is 8.74. The molecule has 3 rings (SSSR count). The lowest BCUT2D eigenvalue weighted by Gasteiger charge is -2.13. The molecule has 0 fully saturated rings. The lowest BCUT2D eigenvalue weighted by atomic mass is 9.98. The maximum Gasteiger partial charge on any atom is 0.255 e. The first-order valence-corrected chi connectivity index (χ1v) is 9.44. The van der Waals surface area contributed by atoms with E-state index in [0.717, 1.165) is 11.1 Å². The minimum Gasteiger partial charge on any atom is -0.507 e. The van der Waals surface area contributed by atoms with Crippen LogP contribution in [0.3, 0.4) is 0 Å². The Morgan fingerprint density at radius 2 is 1.61 bits per heavy atom. The largest absolute Gasteiger partial charge is 0.507 e. The average molecular weight is 437 g/mol. The lowest BCUT2D eigenvalue weighted by molar-refractivity contribution is -0.119. The van der Waals surface area contributed by atoms with E-state index in [9.17, 15) is 9.90 Å². The summed E-state index contributed by atoms with van der Waals surface area (Å²) in [7, 11) is 0.